The minimum atomic E-state index is -1.30. The molecule has 5 heteroatoms. The first-order valence-corrected chi connectivity index (χ1v) is 3.38. The summed E-state index contributed by atoms with van der Waals surface area (Å²) >= 11 is 5.81. The largest absolute Gasteiger partial charge is 0.366 e. The number of primary amides is 1. The Labute approximate surface area is 69.3 Å². The second-order valence-corrected chi connectivity index (χ2v) is 2.80. The van der Waals surface area contributed by atoms with E-state index in [0.717, 1.165) is 0 Å². The maximum atomic E-state index is 10.8. The summed E-state index contributed by atoms with van der Waals surface area (Å²) in [7, 11) is 1.65. The van der Waals surface area contributed by atoms with Crippen molar-refractivity contribution in [1.29, 1.82) is 0 Å². The first-order chi connectivity index (χ1) is 5.07. The van der Waals surface area contributed by atoms with Gasteiger partial charge >= 0.3 is 0 Å². The van der Waals surface area contributed by atoms with Crippen LogP contribution in [0, 0.1) is 0 Å². The van der Waals surface area contributed by atoms with Crippen LogP contribution in [0.4, 0.5) is 0 Å². The van der Waals surface area contributed by atoms with E-state index in [-0.39, 0.29) is 0 Å². The average Bonchev–Trinajstić information content (AvgIpc) is 1.95. The Balaban J connectivity index is 2.94. The molecule has 60 valence electrons. The van der Waals surface area contributed by atoms with Gasteiger partial charge in [0.25, 0.3) is 5.91 Å². The minimum Gasteiger partial charge on any atom is -0.366 e. The molecule has 1 aliphatic heterocycles. The summed E-state index contributed by atoms with van der Waals surface area (Å²) in [5.74, 6) is -0.630. The number of alkyl halides is 1. The third-order valence-corrected chi connectivity index (χ3v) is 2.03. The van der Waals surface area contributed by atoms with E-state index >= 15 is 0 Å². The smallest absolute Gasteiger partial charge is 0.264 e. The fraction of sp³-hybridized carbons (Fsp3) is 0.333. The zero-order chi connectivity index (χ0) is 8.48. The number of nitrogens with zero attached hydrogens (tertiary/aromatic N) is 2. The first kappa shape index (κ1) is 8.07. The monoisotopic (exact) mass is 173 g/mol. The molecule has 0 saturated carbocycles. The lowest BCUT2D eigenvalue weighted by atomic mass is 10.2. The van der Waals surface area contributed by atoms with Crippen LogP contribution >= 0.6 is 11.6 Å². The lowest BCUT2D eigenvalue weighted by Crippen LogP contribution is -2.51. The van der Waals surface area contributed by atoms with E-state index in [9.17, 15) is 4.79 Å². The normalized spacial score (nSPS) is 29.1. The lowest BCUT2D eigenvalue weighted by Gasteiger charge is -2.30. The van der Waals surface area contributed by atoms with E-state index in [2.05, 4.69) is 4.99 Å². The molecule has 1 rings (SSSR count). The molecule has 0 bridgehead atoms. The van der Waals surface area contributed by atoms with Gasteiger partial charge in [-0.3, -0.25) is 9.79 Å². The molecule has 1 amide bonds. The molecule has 4 nitrogen and oxygen atoms in total. The predicted octanol–water partition coefficient (Wildman–Crippen LogP) is -0.106. The molecule has 0 aromatic carbocycles. The Morgan fingerprint density at radius 2 is 2.45 bits per heavy atom. The van der Waals surface area contributed by atoms with E-state index in [4.69, 9.17) is 17.3 Å². The average molecular weight is 174 g/mol. The third kappa shape index (κ3) is 1.21. The Bertz CT molecular complexity index is 238. The zero-order valence-electron chi connectivity index (χ0n) is 5.99. The summed E-state index contributed by atoms with van der Waals surface area (Å²) in [4.78, 5) is 14.7. The second-order valence-electron chi connectivity index (χ2n) is 2.22. The van der Waals surface area contributed by atoms with Crippen LogP contribution in [0.5, 0.6) is 0 Å². The van der Waals surface area contributed by atoms with E-state index in [1.54, 1.807) is 13.2 Å². The molecule has 0 aromatic heterocycles. The number of rotatable bonds is 1. The van der Waals surface area contributed by atoms with Gasteiger partial charge in [0.2, 0.25) is 5.00 Å². The lowest BCUT2D eigenvalue weighted by molar-refractivity contribution is -0.121. The molecular formula is C6H8ClN3O. The number of hydrogen-bond acceptors (Lipinski definition) is 3. The number of amides is 1. The van der Waals surface area contributed by atoms with E-state index < -0.39 is 10.9 Å². The second kappa shape index (κ2) is 2.54. The van der Waals surface area contributed by atoms with Crippen molar-refractivity contribution in [1.82, 2.24) is 4.90 Å². The van der Waals surface area contributed by atoms with Crippen LogP contribution in [-0.2, 0) is 4.79 Å². The Kier molecular flexibility index (Phi) is 1.87. The van der Waals surface area contributed by atoms with Crippen LogP contribution < -0.4 is 5.73 Å². The molecule has 2 N–H and O–H groups in total. The highest BCUT2D eigenvalue weighted by atomic mass is 35.5. The fourth-order valence-electron chi connectivity index (χ4n) is 0.717. The number of halogens is 1. The summed E-state index contributed by atoms with van der Waals surface area (Å²) in [6.45, 7) is 0. The highest BCUT2D eigenvalue weighted by Gasteiger charge is 2.36. The van der Waals surface area contributed by atoms with Gasteiger partial charge in [-0.1, -0.05) is 11.6 Å². The summed E-state index contributed by atoms with van der Waals surface area (Å²) in [5.41, 5.74) is 5.05. The standard InChI is InChI=1S/C6H8ClN3O/c1-10-3-2-9-4-6(10,7)5(8)11/h2-4H,1H3,(H2,8,11). The molecule has 1 unspecified atom stereocenters. The van der Waals surface area contributed by atoms with Gasteiger partial charge in [0.15, 0.2) is 0 Å². The van der Waals surface area contributed by atoms with Gasteiger partial charge in [0, 0.05) is 19.4 Å². The Morgan fingerprint density at radius 3 is 2.82 bits per heavy atom. The van der Waals surface area contributed by atoms with Crippen LogP contribution in [0.2, 0.25) is 0 Å². The number of aliphatic imine (C=N–C) groups is 1. The van der Waals surface area contributed by atoms with Gasteiger partial charge < -0.3 is 10.6 Å². The van der Waals surface area contributed by atoms with Crippen LogP contribution in [-0.4, -0.2) is 29.1 Å². The van der Waals surface area contributed by atoms with Gasteiger partial charge in [0.1, 0.15) is 0 Å². The SMILES string of the molecule is CN1C=CN=CC1(Cl)C(N)=O. The van der Waals surface area contributed by atoms with Crippen molar-refractivity contribution in [2.45, 2.75) is 5.00 Å². The minimum absolute atomic E-state index is 0.630. The van der Waals surface area contributed by atoms with Crippen LogP contribution in [0.25, 0.3) is 0 Å². The molecule has 1 aliphatic rings. The van der Waals surface area contributed by atoms with E-state index in [1.165, 1.54) is 17.3 Å². The predicted molar refractivity (Wildman–Crippen MR) is 43.2 cm³/mol. The molecule has 0 radical (unpaired) electrons. The number of hydrogen-bond donors (Lipinski definition) is 1. The molecular weight excluding hydrogens is 166 g/mol. The Morgan fingerprint density at radius 1 is 1.82 bits per heavy atom. The summed E-state index contributed by atoms with van der Waals surface area (Å²) in [6, 6.07) is 0. The van der Waals surface area contributed by atoms with E-state index in [0.29, 0.717) is 0 Å². The Hall–Kier alpha value is -1.03. The van der Waals surface area contributed by atoms with Gasteiger partial charge in [-0.15, -0.1) is 0 Å². The van der Waals surface area contributed by atoms with Crippen LogP contribution in [0.3, 0.4) is 0 Å². The van der Waals surface area contributed by atoms with Crippen molar-refractivity contribution in [3.8, 4) is 0 Å². The number of carbonyl (C=O) groups excluding carboxylic acids is 1. The molecule has 0 fully saturated rings. The molecule has 0 saturated heterocycles. The summed E-state index contributed by atoms with van der Waals surface area (Å²) in [6.07, 6.45) is 4.41. The zero-order valence-corrected chi connectivity index (χ0v) is 6.75. The maximum Gasteiger partial charge on any atom is 0.264 e. The van der Waals surface area contributed by atoms with Gasteiger partial charge in [-0.05, 0) is 0 Å². The van der Waals surface area contributed by atoms with Crippen molar-refractivity contribution in [3.63, 3.8) is 0 Å². The quantitative estimate of drug-likeness (QED) is 0.445. The van der Waals surface area contributed by atoms with Crippen molar-refractivity contribution < 1.29 is 4.79 Å². The molecule has 0 aromatic rings. The van der Waals surface area contributed by atoms with Crippen molar-refractivity contribution in [2.75, 3.05) is 7.05 Å². The van der Waals surface area contributed by atoms with Gasteiger partial charge in [-0.25, -0.2) is 0 Å². The topological polar surface area (TPSA) is 58.7 Å². The summed E-state index contributed by atoms with van der Waals surface area (Å²) < 4.78 is 0. The van der Waals surface area contributed by atoms with Crippen LogP contribution in [0.1, 0.15) is 0 Å². The molecule has 11 heavy (non-hydrogen) atoms. The van der Waals surface area contributed by atoms with Crippen molar-refractivity contribution in [2.24, 2.45) is 10.7 Å². The molecule has 1 atom stereocenters. The third-order valence-electron chi connectivity index (χ3n) is 1.48. The molecule has 0 spiro atoms. The number of likely N-dealkylation sites (N-methyl/N-ethyl adjacent to an activating group) is 1. The van der Waals surface area contributed by atoms with Gasteiger partial charge in [0.05, 0.1) is 6.21 Å². The van der Waals surface area contributed by atoms with Crippen molar-refractivity contribution >= 4 is 23.7 Å². The first-order valence-electron chi connectivity index (χ1n) is 3.00. The highest BCUT2D eigenvalue weighted by molar-refractivity contribution is 6.43. The highest BCUT2D eigenvalue weighted by Crippen LogP contribution is 2.19. The number of nitrogens with two attached hydrogens (primary N) is 1. The summed E-state index contributed by atoms with van der Waals surface area (Å²) in [5, 5.41) is 0. The maximum absolute atomic E-state index is 10.8. The number of carbonyl (C=O) groups is 1. The molecule has 0 aliphatic carbocycles. The molecule has 1 heterocycles. The fourth-order valence-corrected chi connectivity index (χ4v) is 0.830. The van der Waals surface area contributed by atoms with Crippen LogP contribution in [0.15, 0.2) is 17.4 Å². The van der Waals surface area contributed by atoms with E-state index in [1.807, 2.05) is 0 Å². The van der Waals surface area contributed by atoms with Crippen molar-refractivity contribution in [3.05, 3.63) is 12.4 Å². The van der Waals surface area contributed by atoms with Gasteiger partial charge in [-0.2, -0.15) is 0 Å².